The highest BCUT2D eigenvalue weighted by Crippen LogP contribution is 2.40. The van der Waals surface area contributed by atoms with E-state index < -0.39 is 24.4 Å². The normalized spacial score (nSPS) is 13.6. The van der Waals surface area contributed by atoms with Crippen LogP contribution in [-0.4, -0.2) is 17.6 Å². The monoisotopic (exact) mass is 166 g/mol. The SMILES string of the molecule is CCC(C)(C)C(F)(F)CCO. The number of hydrogen-bond donors (Lipinski definition) is 1. The highest BCUT2D eigenvalue weighted by atomic mass is 19.3. The van der Waals surface area contributed by atoms with E-state index in [1.807, 2.05) is 0 Å². The zero-order chi connectivity index (χ0) is 9.12. The number of halogens is 2. The smallest absolute Gasteiger partial charge is 0.255 e. The molecule has 0 unspecified atom stereocenters. The summed E-state index contributed by atoms with van der Waals surface area (Å²) in [4.78, 5) is 0. The van der Waals surface area contributed by atoms with Crippen molar-refractivity contribution in [2.75, 3.05) is 6.61 Å². The van der Waals surface area contributed by atoms with Gasteiger partial charge in [0.2, 0.25) is 0 Å². The Morgan fingerprint density at radius 3 is 2.00 bits per heavy atom. The Morgan fingerprint density at radius 2 is 1.73 bits per heavy atom. The number of aliphatic hydroxyl groups is 1. The lowest BCUT2D eigenvalue weighted by atomic mass is 9.81. The topological polar surface area (TPSA) is 20.2 Å². The molecule has 11 heavy (non-hydrogen) atoms. The molecule has 0 aromatic rings. The summed E-state index contributed by atoms with van der Waals surface area (Å²) in [7, 11) is 0. The fourth-order valence-electron chi connectivity index (χ4n) is 0.737. The van der Waals surface area contributed by atoms with Gasteiger partial charge in [-0.3, -0.25) is 0 Å². The van der Waals surface area contributed by atoms with Crippen LogP contribution >= 0.6 is 0 Å². The average molecular weight is 166 g/mol. The van der Waals surface area contributed by atoms with E-state index >= 15 is 0 Å². The van der Waals surface area contributed by atoms with Crippen LogP contribution in [0, 0.1) is 5.41 Å². The Kier molecular flexibility index (Phi) is 3.42. The van der Waals surface area contributed by atoms with E-state index in [-0.39, 0.29) is 0 Å². The second kappa shape index (κ2) is 3.48. The van der Waals surface area contributed by atoms with Crippen LogP contribution in [0.4, 0.5) is 8.78 Å². The second-order valence-corrected chi connectivity index (χ2v) is 3.42. The lowest BCUT2D eigenvalue weighted by molar-refractivity contribution is -0.120. The number of rotatable bonds is 4. The molecule has 1 N–H and O–H groups in total. The van der Waals surface area contributed by atoms with E-state index in [0.29, 0.717) is 6.42 Å². The van der Waals surface area contributed by atoms with Gasteiger partial charge in [0.05, 0.1) is 0 Å². The Bertz CT molecular complexity index is 121. The largest absolute Gasteiger partial charge is 0.396 e. The number of aliphatic hydroxyl groups excluding tert-OH is 1. The zero-order valence-corrected chi connectivity index (χ0v) is 7.32. The molecular weight excluding hydrogens is 150 g/mol. The van der Waals surface area contributed by atoms with Gasteiger partial charge in [0, 0.05) is 18.4 Å². The van der Waals surface area contributed by atoms with Crippen LogP contribution in [-0.2, 0) is 0 Å². The Balaban J connectivity index is 4.26. The highest BCUT2D eigenvalue weighted by Gasteiger charge is 2.44. The third kappa shape index (κ3) is 2.40. The van der Waals surface area contributed by atoms with E-state index in [0.717, 1.165) is 0 Å². The summed E-state index contributed by atoms with van der Waals surface area (Å²) < 4.78 is 26.1. The van der Waals surface area contributed by atoms with Gasteiger partial charge < -0.3 is 5.11 Å². The summed E-state index contributed by atoms with van der Waals surface area (Å²) in [6.07, 6.45) is -0.0200. The van der Waals surface area contributed by atoms with Crippen molar-refractivity contribution in [3.63, 3.8) is 0 Å². The summed E-state index contributed by atoms with van der Waals surface area (Å²) in [6, 6.07) is 0. The van der Waals surface area contributed by atoms with Crippen molar-refractivity contribution < 1.29 is 13.9 Å². The quantitative estimate of drug-likeness (QED) is 0.680. The first kappa shape index (κ1) is 10.8. The van der Waals surface area contributed by atoms with Crippen LogP contribution in [0.15, 0.2) is 0 Å². The van der Waals surface area contributed by atoms with Crippen LogP contribution in [0.3, 0.4) is 0 Å². The second-order valence-electron chi connectivity index (χ2n) is 3.42. The minimum absolute atomic E-state index is 0.417. The molecule has 0 saturated carbocycles. The van der Waals surface area contributed by atoms with Crippen molar-refractivity contribution in [1.82, 2.24) is 0 Å². The molecule has 0 atom stereocenters. The molecule has 0 saturated heterocycles. The highest BCUT2D eigenvalue weighted by molar-refractivity contribution is 4.83. The third-order valence-corrected chi connectivity index (χ3v) is 2.30. The molecule has 0 radical (unpaired) electrons. The van der Waals surface area contributed by atoms with Gasteiger partial charge in [-0.2, -0.15) is 0 Å². The minimum Gasteiger partial charge on any atom is -0.396 e. The maximum absolute atomic E-state index is 13.0. The molecule has 0 aromatic heterocycles. The van der Waals surface area contributed by atoms with E-state index in [4.69, 9.17) is 5.11 Å². The minimum atomic E-state index is -2.75. The van der Waals surface area contributed by atoms with E-state index in [1.165, 1.54) is 13.8 Å². The summed E-state index contributed by atoms with van der Waals surface area (Å²) in [5.74, 6) is -2.75. The first-order chi connectivity index (χ1) is 4.87. The molecule has 3 heteroatoms. The Labute approximate surface area is 66.4 Å². The summed E-state index contributed by atoms with van der Waals surface area (Å²) >= 11 is 0. The summed E-state index contributed by atoms with van der Waals surface area (Å²) in [6.45, 7) is 4.31. The van der Waals surface area contributed by atoms with Crippen LogP contribution in [0.2, 0.25) is 0 Å². The van der Waals surface area contributed by atoms with Gasteiger partial charge >= 0.3 is 0 Å². The number of alkyl halides is 2. The van der Waals surface area contributed by atoms with Gasteiger partial charge in [0.15, 0.2) is 0 Å². The molecule has 0 aliphatic carbocycles. The summed E-state index contributed by atoms with van der Waals surface area (Å²) in [5, 5.41) is 8.38. The molecule has 0 heterocycles. The zero-order valence-electron chi connectivity index (χ0n) is 7.32. The summed E-state index contributed by atoms with van der Waals surface area (Å²) in [5.41, 5.74) is -1.00. The lowest BCUT2D eigenvalue weighted by Crippen LogP contribution is -2.36. The molecule has 0 aromatic carbocycles. The molecule has 0 amide bonds. The van der Waals surface area contributed by atoms with Gasteiger partial charge in [0.1, 0.15) is 0 Å². The fraction of sp³-hybridized carbons (Fsp3) is 1.00. The maximum atomic E-state index is 13.0. The Morgan fingerprint density at radius 1 is 1.27 bits per heavy atom. The van der Waals surface area contributed by atoms with Crippen molar-refractivity contribution in [2.24, 2.45) is 5.41 Å². The third-order valence-electron chi connectivity index (χ3n) is 2.30. The van der Waals surface area contributed by atoms with E-state index in [2.05, 4.69) is 0 Å². The van der Waals surface area contributed by atoms with Crippen LogP contribution in [0.5, 0.6) is 0 Å². The van der Waals surface area contributed by atoms with Crippen molar-refractivity contribution >= 4 is 0 Å². The fourth-order valence-corrected chi connectivity index (χ4v) is 0.737. The molecule has 0 rings (SSSR count). The van der Waals surface area contributed by atoms with E-state index in [1.54, 1.807) is 6.92 Å². The standard InChI is InChI=1S/C8H16F2O/c1-4-7(2,3)8(9,10)5-6-11/h11H,4-6H2,1-3H3. The van der Waals surface area contributed by atoms with Crippen LogP contribution in [0.1, 0.15) is 33.6 Å². The predicted octanol–water partition coefficient (Wildman–Crippen LogP) is 2.44. The first-order valence-electron chi connectivity index (χ1n) is 3.86. The van der Waals surface area contributed by atoms with Gasteiger partial charge in [-0.25, -0.2) is 8.78 Å². The van der Waals surface area contributed by atoms with Crippen LogP contribution in [0.25, 0.3) is 0 Å². The maximum Gasteiger partial charge on any atom is 0.255 e. The van der Waals surface area contributed by atoms with Crippen LogP contribution < -0.4 is 0 Å². The molecule has 0 fully saturated rings. The van der Waals surface area contributed by atoms with E-state index in [9.17, 15) is 8.78 Å². The van der Waals surface area contributed by atoms with Crippen molar-refractivity contribution in [3.8, 4) is 0 Å². The van der Waals surface area contributed by atoms with Gasteiger partial charge in [0.25, 0.3) is 5.92 Å². The molecule has 0 spiro atoms. The molecular formula is C8H16F2O. The molecule has 0 bridgehead atoms. The Hall–Kier alpha value is -0.180. The average Bonchev–Trinajstić information content (AvgIpc) is 1.87. The molecule has 68 valence electrons. The van der Waals surface area contributed by atoms with Gasteiger partial charge in [-0.15, -0.1) is 0 Å². The molecule has 0 aliphatic heterocycles. The predicted molar refractivity (Wildman–Crippen MR) is 40.7 cm³/mol. The van der Waals surface area contributed by atoms with Gasteiger partial charge in [-0.05, 0) is 6.42 Å². The van der Waals surface area contributed by atoms with Gasteiger partial charge in [-0.1, -0.05) is 20.8 Å². The first-order valence-corrected chi connectivity index (χ1v) is 3.86. The number of hydrogen-bond acceptors (Lipinski definition) is 1. The molecule has 0 aliphatic rings. The van der Waals surface area contributed by atoms with Crippen molar-refractivity contribution in [2.45, 2.75) is 39.5 Å². The lowest BCUT2D eigenvalue weighted by Gasteiger charge is -2.32. The van der Waals surface area contributed by atoms with Crippen molar-refractivity contribution in [1.29, 1.82) is 0 Å². The molecule has 1 nitrogen and oxygen atoms in total. The van der Waals surface area contributed by atoms with Crippen molar-refractivity contribution in [3.05, 3.63) is 0 Å².